The Bertz CT molecular complexity index is 691. The molecule has 0 aliphatic heterocycles. The van der Waals surface area contributed by atoms with Gasteiger partial charge in [-0.05, 0) is 30.3 Å². The summed E-state index contributed by atoms with van der Waals surface area (Å²) in [6, 6.07) is 10.1. The van der Waals surface area contributed by atoms with Crippen molar-refractivity contribution in [1.29, 1.82) is 0 Å². The molecular weight excluding hydrogens is 306 g/mol. The molecule has 114 valence electrons. The number of benzene rings is 1. The number of hydrogen-bond acceptors (Lipinski definition) is 4. The highest BCUT2D eigenvalue weighted by Crippen LogP contribution is 2.20. The number of rotatable bonds is 5. The van der Waals surface area contributed by atoms with Crippen molar-refractivity contribution >= 4 is 34.8 Å². The normalized spacial score (nSPS) is 9.91. The van der Waals surface area contributed by atoms with E-state index >= 15 is 0 Å². The number of carbonyl (C=O) groups excluding carboxylic acids is 2. The minimum atomic E-state index is -0.347. The Hall–Kier alpha value is -2.60. The number of nitrogens with zero attached hydrogens (tertiary/aromatic N) is 1. The zero-order valence-corrected chi connectivity index (χ0v) is 12.6. The van der Waals surface area contributed by atoms with Crippen LogP contribution in [0.3, 0.4) is 0 Å². The molecule has 1 heterocycles. The Morgan fingerprint density at radius 2 is 1.91 bits per heavy atom. The van der Waals surface area contributed by atoms with Gasteiger partial charge in [0.15, 0.2) is 17.5 Å². The van der Waals surface area contributed by atoms with Crippen LogP contribution in [0.4, 0.5) is 11.4 Å². The number of aromatic nitrogens is 1. The molecule has 0 radical (unpaired) electrons. The summed E-state index contributed by atoms with van der Waals surface area (Å²) in [4.78, 5) is 26.7. The molecule has 0 aliphatic rings. The predicted octanol–water partition coefficient (Wildman–Crippen LogP) is 2.71. The molecule has 0 unspecified atom stereocenters. The van der Waals surface area contributed by atoms with E-state index in [0.717, 1.165) is 0 Å². The highest BCUT2D eigenvalue weighted by atomic mass is 35.5. The van der Waals surface area contributed by atoms with Gasteiger partial charge in [0.25, 0.3) is 5.91 Å². The second kappa shape index (κ2) is 7.42. The van der Waals surface area contributed by atoms with E-state index in [-0.39, 0.29) is 23.6 Å². The maximum absolute atomic E-state index is 11.8. The Kier molecular flexibility index (Phi) is 5.32. The number of nitrogens with one attached hydrogen (secondary N) is 2. The SMILES string of the molecule is CC(=O)Nc1cccc(NC(=O)COc2cccnc2Cl)c1. The third-order valence-corrected chi connectivity index (χ3v) is 2.83. The van der Waals surface area contributed by atoms with E-state index in [1.807, 2.05) is 0 Å². The molecular formula is C15H14ClN3O3. The van der Waals surface area contributed by atoms with Gasteiger partial charge in [-0.1, -0.05) is 17.7 Å². The molecule has 2 rings (SSSR count). The molecule has 6 nitrogen and oxygen atoms in total. The lowest BCUT2D eigenvalue weighted by atomic mass is 10.2. The molecule has 0 fully saturated rings. The summed E-state index contributed by atoms with van der Waals surface area (Å²) in [5.74, 6) is -0.191. The van der Waals surface area contributed by atoms with Crippen molar-refractivity contribution in [3.63, 3.8) is 0 Å². The van der Waals surface area contributed by atoms with Gasteiger partial charge < -0.3 is 15.4 Å². The topological polar surface area (TPSA) is 80.3 Å². The average Bonchev–Trinajstić information content (AvgIpc) is 2.46. The molecule has 0 saturated heterocycles. The van der Waals surface area contributed by atoms with Gasteiger partial charge in [-0.2, -0.15) is 0 Å². The van der Waals surface area contributed by atoms with E-state index in [1.165, 1.54) is 13.1 Å². The van der Waals surface area contributed by atoms with Gasteiger partial charge >= 0.3 is 0 Å². The van der Waals surface area contributed by atoms with Crippen molar-refractivity contribution in [2.75, 3.05) is 17.2 Å². The summed E-state index contributed by atoms with van der Waals surface area (Å²) in [6.07, 6.45) is 1.53. The van der Waals surface area contributed by atoms with Crippen LogP contribution in [0.1, 0.15) is 6.92 Å². The zero-order chi connectivity index (χ0) is 15.9. The number of ether oxygens (including phenoxy) is 1. The number of hydrogen-bond donors (Lipinski definition) is 2. The van der Waals surface area contributed by atoms with Crippen LogP contribution in [-0.2, 0) is 9.59 Å². The first kappa shape index (κ1) is 15.8. The first-order chi connectivity index (χ1) is 10.5. The van der Waals surface area contributed by atoms with Gasteiger partial charge in [0.1, 0.15) is 0 Å². The van der Waals surface area contributed by atoms with Crippen molar-refractivity contribution in [3.8, 4) is 5.75 Å². The van der Waals surface area contributed by atoms with Crippen LogP contribution in [0.2, 0.25) is 5.15 Å². The van der Waals surface area contributed by atoms with Crippen LogP contribution in [-0.4, -0.2) is 23.4 Å². The second-order valence-electron chi connectivity index (χ2n) is 4.39. The van der Waals surface area contributed by atoms with Crippen molar-refractivity contribution < 1.29 is 14.3 Å². The lowest BCUT2D eigenvalue weighted by molar-refractivity contribution is -0.118. The predicted molar refractivity (Wildman–Crippen MR) is 84.1 cm³/mol. The Balaban J connectivity index is 1.92. The first-order valence-corrected chi connectivity index (χ1v) is 6.83. The fourth-order valence-corrected chi connectivity index (χ4v) is 1.87. The fourth-order valence-electron chi connectivity index (χ4n) is 1.70. The zero-order valence-electron chi connectivity index (χ0n) is 11.8. The second-order valence-corrected chi connectivity index (χ2v) is 4.75. The molecule has 1 aromatic carbocycles. The summed E-state index contributed by atoms with van der Waals surface area (Å²) in [5.41, 5.74) is 1.15. The van der Waals surface area contributed by atoms with Gasteiger partial charge in [0, 0.05) is 24.5 Å². The van der Waals surface area contributed by atoms with Crippen LogP contribution >= 0.6 is 11.6 Å². The van der Waals surface area contributed by atoms with Gasteiger partial charge in [0.05, 0.1) is 0 Å². The maximum Gasteiger partial charge on any atom is 0.262 e. The van der Waals surface area contributed by atoms with Gasteiger partial charge in [0.2, 0.25) is 5.91 Å². The number of halogens is 1. The fraction of sp³-hybridized carbons (Fsp3) is 0.133. The Morgan fingerprint density at radius 3 is 2.59 bits per heavy atom. The summed E-state index contributed by atoms with van der Waals surface area (Å²) in [5, 5.41) is 5.50. The molecule has 7 heteroatoms. The summed E-state index contributed by atoms with van der Waals surface area (Å²) >= 11 is 5.83. The van der Waals surface area contributed by atoms with E-state index in [4.69, 9.17) is 16.3 Å². The highest BCUT2D eigenvalue weighted by molar-refractivity contribution is 6.30. The maximum atomic E-state index is 11.8. The van der Waals surface area contributed by atoms with E-state index in [9.17, 15) is 9.59 Å². The summed E-state index contributed by atoms with van der Waals surface area (Å²) in [6.45, 7) is 1.21. The third-order valence-electron chi connectivity index (χ3n) is 2.55. The molecule has 22 heavy (non-hydrogen) atoms. The largest absolute Gasteiger partial charge is 0.481 e. The number of pyridine rings is 1. The van der Waals surface area contributed by atoms with Crippen LogP contribution in [0.5, 0.6) is 5.75 Å². The molecule has 0 atom stereocenters. The first-order valence-electron chi connectivity index (χ1n) is 6.45. The Morgan fingerprint density at radius 1 is 1.18 bits per heavy atom. The molecule has 0 saturated carbocycles. The van der Waals surface area contributed by atoms with Crippen molar-refractivity contribution in [1.82, 2.24) is 4.98 Å². The van der Waals surface area contributed by atoms with E-state index in [1.54, 1.807) is 36.4 Å². The van der Waals surface area contributed by atoms with Crippen LogP contribution in [0.15, 0.2) is 42.6 Å². The van der Waals surface area contributed by atoms with Gasteiger partial charge in [-0.25, -0.2) is 4.98 Å². The van der Waals surface area contributed by atoms with Crippen LogP contribution < -0.4 is 15.4 Å². The van der Waals surface area contributed by atoms with Crippen LogP contribution in [0, 0.1) is 0 Å². The molecule has 0 aliphatic carbocycles. The smallest absolute Gasteiger partial charge is 0.262 e. The summed E-state index contributed by atoms with van der Waals surface area (Å²) < 4.78 is 5.29. The van der Waals surface area contributed by atoms with Crippen molar-refractivity contribution in [2.45, 2.75) is 6.92 Å². The molecule has 0 bridgehead atoms. The molecule has 0 spiro atoms. The van der Waals surface area contributed by atoms with Gasteiger partial charge in [-0.3, -0.25) is 9.59 Å². The average molecular weight is 320 g/mol. The lowest BCUT2D eigenvalue weighted by Crippen LogP contribution is -2.20. The highest BCUT2D eigenvalue weighted by Gasteiger charge is 2.07. The minimum Gasteiger partial charge on any atom is -0.481 e. The third kappa shape index (κ3) is 4.75. The van der Waals surface area contributed by atoms with E-state index < -0.39 is 0 Å². The molecule has 1 aromatic heterocycles. The van der Waals surface area contributed by atoms with E-state index in [0.29, 0.717) is 17.1 Å². The Labute approximate surface area is 132 Å². The van der Waals surface area contributed by atoms with Gasteiger partial charge in [-0.15, -0.1) is 0 Å². The summed E-state index contributed by atoms with van der Waals surface area (Å²) in [7, 11) is 0. The number of anilines is 2. The molecule has 2 N–H and O–H groups in total. The lowest BCUT2D eigenvalue weighted by Gasteiger charge is -2.09. The van der Waals surface area contributed by atoms with E-state index in [2.05, 4.69) is 15.6 Å². The van der Waals surface area contributed by atoms with Crippen molar-refractivity contribution in [2.24, 2.45) is 0 Å². The molecule has 2 aromatic rings. The van der Waals surface area contributed by atoms with Crippen molar-refractivity contribution in [3.05, 3.63) is 47.7 Å². The number of carbonyl (C=O) groups is 2. The minimum absolute atomic E-state index is 0.182. The standard InChI is InChI=1S/C15H14ClN3O3/c1-10(20)18-11-4-2-5-12(8-11)19-14(21)9-22-13-6-3-7-17-15(13)16/h2-8H,9H2,1H3,(H,18,20)(H,19,21). The number of amides is 2. The monoisotopic (exact) mass is 319 g/mol. The quantitative estimate of drug-likeness (QED) is 0.830. The molecule has 2 amide bonds. The van der Waals surface area contributed by atoms with Crippen LogP contribution in [0.25, 0.3) is 0 Å².